The summed E-state index contributed by atoms with van der Waals surface area (Å²) >= 11 is 0. The molecule has 0 aromatic rings. The molecule has 1 heterocycles. The van der Waals surface area contributed by atoms with Crippen LogP contribution in [0.2, 0.25) is 0 Å². The molecule has 0 bridgehead atoms. The smallest absolute Gasteiger partial charge is 0.220 e. The molecule has 0 saturated carbocycles. The number of nitrogens with two attached hydrogens (primary N) is 1. The highest BCUT2D eigenvalue weighted by Crippen LogP contribution is 2.12. The fourth-order valence-electron chi connectivity index (χ4n) is 2.79. The second-order valence-electron chi connectivity index (χ2n) is 6.22. The minimum Gasteiger partial charge on any atom is -0.379 e. The van der Waals surface area contributed by atoms with Crippen LogP contribution in [0, 0.1) is 5.92 Å². The van der Waals surface area contributed by atoms with E-state index in [-0.39, 0.29) is 5.91 Å². The number of unbranched alkanes of at least 4 members (excludes halogenated alkanes) is 3. The number of ether oxygens (including phenoxy) is 1. The number of amides is 1. The molecule has 0 aromatic carbocycles. The molecule has 124 valence electrons. The van der Waals surface area contributed by atoms with Crippen molar-refractivity contribution in [3.8, 4) is 0 Å². The predicted octanol–water partition coefficient (Wildman–Crippen LogP) is 1.37. The highest BCUT2D eigenvalue weighted by Gasteiger charge is 2.23. The average molecular weight is 299 g/mol. The topological polar surface area (TPSA) is 67.6 Å². The van der Waals surface area contributed by atoms with Gasteiger partial charge in [-0.25, -0.2) is 0 Å². The highest BCUT2D eigenvalue weighted by atomic mass is 16.5. The van der Waals surface area contributed by atoms with Gasteiger partial charge in [-0.2, -0.15) is 0 Å². The van der Waals surface area contributed by atoms with Crippen LogP contribution in [0.3, 0.4) is 0 Å². The third-order valence-corrected chi connectivity index (χ3v) is 4.15. The Morgan fingerprint density at radius 1 is 1.19 bits per heavy atom. The van der Waals surface area contributed by atoms with Crippen molar-refractivity contribution in [1.82, 2.24) is 10.2 Å². The van der Waals surface area contributed by atoms with E-state index in [1.165, 1.54) is 0 Å². The second kappa shape index (κ2) is 11.0. The average Bonchev–Trinajstić information content (AvgIpc) is 2.48. The van der Waals surface area contributed by atoms with Gasteiger partial charge in [0.25, 0.3) is 0 Å². The zero-order chi connectivity index (χ0) is 15.5. The summed E-state index contributed by atoms with van der Waals surface area (Å²) in [4.78, 5) is 14.3. The van der Waals surface area contributed by atoms with Crippen LogP contribution >= 0.6 is 0 Å². The van der Waals surface area contributed by atoms with Gasteiger partial charge in [-0.05, 0) is 25.3 Å². The van der Waals surface area contributed by atoms with Crippen LogP contribution in [0.1, 0.15) is 46.0 Å². The Labute approximate surface area is 129 Å². The van der Waals surface area contributed by atoms with E-state index in [0.717, 1.165) is 65.1 Å². The van der Waals surface area contributed by atoms with Crippen molar-refractivity contribution < 1.29 is 9.53 Å². The monoisotopic (exact) mass is 299 g/mol. The minimum atomic E-state index is 0.182. The molecule has 1 saturated heterocycles. The second-order valence-corrected chi connectivity index (χ2v) is 6.22. The number of carbonyl (C=O) groups excluding carboxylic acids is 1. The van der Waals surface area contributed by atoms with E-state index in [1.807, 2.05) is 0 Å². The first-order chi connectivity index (χ1) is 10.1. The maximum atomic E-state index is 11.9. The number of hydrogen-bond acceptors (Lipinski definition) is 4. The lowest BCUT2D eigenvalue weighted by atomic mass is 10.0. The molecule has 0 aliphatic carbocycles. The molecule has 1 aliphatic heterocycles. The summed E-state index contributed by atoms with van der Waals surface area (Å²) in [7, 11) is 0. The first-order valence-corrected chi connectivity index (χ1v) is 8.43. The largest absolute Gasteiger partial charge is 0.379 e. The molecular weight excluding hydrogens is 266 g/mol. The fourth-order valence-corrected chi connectivity index (χ4v) is 2.79. The van der Waals surface area contributed by atoms with Crippen LogP contribution in [-0.2, 0) is 9.53 Å². The van der Waals surface area contributed by atoms with Crippen molar-refractivity contribution in [2.75, 3.05) is 39.4 Å². The molecule has 1 aliphatic rings. The number of nitrogens with one attached hydrogen (secondary N) is 1. The Balaban J connectivity index is 2.21. The van der Waals surface area contributed by atoms with Gasteiger partial charge < -0.3 is 15.8 Å². The Morgan fingerprint density at radius 3 is 2.48 bits per heavy atom. The lowest BCUT2D eigenvalue weighted by Gasteiger charge is -2.36. The number of nitrogens with zero attached hydrogens (tertiary/aromatic N) is 1. The van der Waals surface area contributed by atoms with Gasteiger partial charge in [0.1, 0.15) is 0 Å². The zero-order valence-corrected chi connectivity index (χ0v) is 13.8. The van der Waals surface area contributed by atoms with Gasteiger partial charge in [0.15, 0.2) is 0 Å². The Morgan fingerprint density at radius 2 is 1.86 bits per heavy atom. The molecule has 5 nitrogen and oxygen atoms in total. The van der Waals surface area contributed by atoms with Crippen LogP contribution in [0.25, 0.3) is 0 Å². The molecule has 1 amide bonds. The molecule has 0 spiro atoms. The quantitative estimate of drug-likeness (QED) is 0.598. The summed E-state index contributed by atoms with van der Waals surface area (Å²) in [5, 5.41) is 3.11. The van der Waals surface area contributed by atoms with Crippen LogP contribution < -0.4 is 11.1 Å². The lowest BCUT2D eigenvalue weighted by molar-refractivity contribution is -0.121. The predicted molar refractivity (Wildman–Crippen MR) is 86.2 cm³/mol. The van der Waals surface area contributed by atoms with E-state index in [0.29, 0.717) is 18.4 Å². The fraction of sp³-hybridized carbons (Fsp3) is 0.938. The summed E-state index contributed by atoms with van der Waals surface area (Å²) in [6, 6.07) is 0.412. The molecule has 1 rings (SSSR count). The van der Waals surface area contributed by atoms with Gasteiger partial charge >= 0.3 is 0 Å². The van der Waals surface area contributed by atoms with Gasteiger partial charge in [0.2, 0.25) is 5.91 Å². The van der Waals surface area contributed by atoms with Crippen LogP contribution in [-0.4, -0.2) is 56.2 Å². The molecule has 1 unspecified atom stereocenters. The Bertz CT molecular complexity index is 279. The third kappa shape index (κ3) is 7.79. The summed E-state index contributed by atoms with van der Waals surface area (Å²) in [6.07, 6.45) is 4.90. The minimum absolute atomic E-state index is 0.182. The van der Waals surface area contributed by atoms with Crippen molar-refractivity contribution in [1.29, 1.82) is 0 Å². The molecule has 3 N–H and O–H groups in total. The molecule has 21 heavy (non-hydrogen) atoms. The normalized spacial score (nSPS) is 17.9. The van der Waals surface area contributed by atoms with Crippen molar-refractivity contribution in [2.24, 2.45) is 11.7 Å². The first-order valence-electron chi connectivity index (χ1n) is 8.43. The SMILES string of the molecule is CC(C)C(CNC(=O)CCCCCCN)N1CCOCC1. The maximum absolute atomic E-state index is 11.9. The summed E-state index contributed by atoms with van der Waals surface area (Å²) in [5.74, 6) is 0.717. The van der Waals surface area contributed by atoms with E-state index < -0.39 is 0 Å². The van der Waals surface area contributed by atoms with Gasteiger partial charge in [-0.15, -0.1) is 0 Å². The number of carbonyl (C=O) groups is 1. The summed E-state index contributed by atoms with van der Waals surface area (Å²) in [6.45, 7) is 9.49. The molecular formula is C16H33N3O2. The standard InChI is InChI=1S/C16H33N3O2/c1-14(2)15(19-9-11-21-12-10-19)13-18-16(20)7-5-3-4-6-8-17/h14-15H,3-13,17H2,1-2H3,(H,18,20). The van der Waals surface area contributed by atoms with Crippen LogP contribution in [0.4, 0.5) is 0 Å². The Hall–Kier alpha value is -0.650. The van der Waals surface area contributed by atoms with Crippen LogP contribution in [0.15, 0.2) is 0 Å². The van der Waals surface area contributed by atoms with Crippen LogP contribution in [0.5, 0.6) is 0 Å². The summed E-state index contributed by atoms with van der Waals surface area (Å²) in [5.41, 5.74) is 5.46. The van der Waals surface area contributed by atoms with Gasteiger partial charge in [-0.3, -0.25) is 9.69 Å². The van der Waals surface area contributed by atoms with Gasteiger partial charge in [0.05, 0.1) is 13.2 Å². The van der Waals surface area contributed by atoms with E-state index in [4.69, 9.17) is 10.5 Å². The molecule has 0 aromatic heterocycles. The van der Waals surface area contributed by atoms with Crippen molar-refractivity contribution in [2.45, 2.75) is 52.0 Å². The molecule has 5 heteroatoms. The first kappa shape index (κ1) is 18.4. The number of rotatable bonds is 10. The van der Waals surface area contributed by atoms with E-state index in [2.05, 4.69) is 24.1 Å². The van der Waals surface area contributed by atoms with E-state index in [9.17, 15) is 4.79 Å². The van der Waals surface area contributed by atoms with Gasteiger partial charge in [0, 0.05) is 32.1 Å². The van der Waals surface area contributed by atoms with E-state index >= 15 is 0 Å². The Kier molecular flexibility index (Phi) is 9.63. The number of hydrogen-bond donors (Lipinski definition) is 2. The van der Waals surface area contributed by atoms with Gasteiger partial charge in [-0.1, -0.05) is 26.7 Å². The highest BCUT2D eigenvalue weighted by molar-refractivity contribution is 5.75. The zero-order valence-electron chi connectivity index (χ0n) is 13.8. The maximum Gasteiger partial charge on any atom is 0.220 e. The van der Waals surface area contributed by atoms with Crippen molar-refractivity contribution >= 4 is 5.91 Å². The van der Waals surface area contributed by atoms with E-state index in [1.54, 1.807) is 0 Å². The van der Waals surface area contributed by atoms with Crippen molar-refractivity contribution in [3.63, 3.8) is 0 Å². The van der Waals surface area contributed by atoms with Crippen molar-refractivity contribution in [3.05, 3.63) is 0 Å². The molecule has 0 radical (unpaired) electrons. The third-order valence-electron chi connectivity index (χ3n) is 4.15. The lowest BCUT2D eigenvalue weighted by Crippen LogP contribution is -2.51. The molecule has 1 fully saturated rings. The molecule has 1 atom stereocenters. The summed E-state index contributed by atoms with van der Waals surface area (Å²) < 4.78 is 5.40. The number of morpholine rings is 1.